The smallest absolute Gasteiger partial charge is 0.328 e. The summed E-state index contributed by atoms with van der Waals surface area (Å²) in [5.74, 6) is -9.19. The van der Waals surface area contributed by atoms with E-state index in [4.69, 9.17) is 11.6 Å². The summed E-state index contributed by atoms with van der Waals surface area (Å²) in [6, 6.07) is 3.94. The SMILES string of the molecule is Cc1c(C(C)C(=O)NC(C)(C)C(=O)O)c2c(F)c(O)c(F)cc2n1C(=O)c1ccc(Cl)c(F)c1. The summed E-state index contributed by atoms with van der Waals surface area (Å²) in [4.78, 5) is 37.5. The Labute approximate surface area is 196 Å². The van der Waals surface area contributed by atoms with Gasteiger partial charge < -0.3 is 15.5 Å². The Bertz CT molecular complexity index is 1370. The van der Waals surface area contributed by atoms with Gasteiger partial charge in [-0.05, 0) is 51.5 Å². The molecule has 0 aliphatic heterocycles. The molecule has 1 atom stereocenters. The molecule has 2 aromatic carbocycles. The van der Waals surface area contributed by atoms with Crippen molar-refractivity contribution < 1.29 is 37.8 Å². The van der Waals surface area contributed by atoms with Crippen molar-refractivity contribution in [2.24, 2.45) is 0 Å². The minimum absolute atomic E-state index is 0.00930. The molecule has 180 valence electrons. The summed E-state index contributed by atoms with van der Waals surface area (Å²) >= 11 is 5.67. The molecule has 34 heavy (non-hydrogen) atoms. The number of aliphatic carboxylic acids is 1. The lowest BCUT2D eigenvalue weighted by atomic mass is 9.95. The topological polar surface area (TPSA) is 109 Å². The van der Waals surface area contributed by atoms with Crippen LogP contribution >= 0.6 is 11.6 Å². The fourth-order valence-corrected chi connectivity index (χ4v) is 3.78. The van der Waals surface area contributed by atoms with Gasteiger partial charge in [0.25, 0.3) is 5.91 Å². The van der Waals surface area contributed by atoms with Crippen LogP contribution in [0.15, 0.2) is 24.3 Å². The number of carbonyl (C=O) groups excluding carboxylic acids is 2. The van der Waals surface area contributed by atoms with E-state index < -0.39 is 57.8 Å². The van der Waals surface area contributed by atoms with Crippen molar-refractivity contribution in [1.29, 1.82) is 0 Å². The molecule has 1 unspecified atom stereocenters. The number of aromatic nitrogens is 1. The summed E-state index contributed by atoms with van der Waals surface area (Å²) < 4.78 is 44.2. The maximum Gasteiger partial charge on any atom is 0.328 e. The van der Waals surface area contributed by atoms with E-state index in [0.717, 1.165) is 22.8 Å². The molecule has 3 rings (SSSR count). The summed E-state index contributed by atoms with van der Waals surface area (Å²) in [7, 11) is 0. The molecule has 0 radical (unpaired) electrons. The number of carbonyl (C=O) groups is 3. The van der Waals surface area contributed by atoms with Crippen LogP contribution in [-0.2, 0) is 9.59 Å². The molecule has 11 heteroatoms. The summed E-state index contributed by atoms with van der Waals surface area (Å²) in [6.45, 7) is 5.19. The molecular weight excluding hydrogens is 477 g/mol. The van der Waals surface area contributed by atoms with Crippen LogP contribution in [0.2, 0.25) is 5.02 Å². The summed E-state index contributed by atoms with van der Waals surface area (Å²) in [5, 5.41) is 20.8. The molecule has 0 spiro atoms. The van der Waals surface area contributed by atoms with Gasteiger partial charge >= 0.3 is 5.97 Å². The molecular formula is C23H20ClF3N2O5. The number of aromatic hydroxyl groups is 1. The average molecular weight is 497 g/mol. The number of amides is 1. The quantitative estimate of drug-likeness (QED) is 0.482. The second-order valence-electron chi connectivity index (χ2n) is 8.32. The highest BCUT2D eigenvalue weighted by Crippen LogP contribution is 2.39. The van der Waals surface area contributed by atoms with Crippen molar-refractivity contribution in [1.82, 2.24) is 9.88 Å². The minimum Gasteiger partial charge on any atom is -0.503 e. The zero-order valence-corrected chi connectivity index (χ0v) is 19.2. The van der Waals surface area contributed by atoms with Crippen LogP contribution in [0, 0.1) is 24.4 Å². The first-order chi connectivity index (χ1) is 15.7. The van der Waals surface area contributed by atoms with Crippen LogP contribution in [0.5, 0.6) is 5.75 Å². The first-order valence-corrected chi connectivity index (χ1v) is 10.3. The van der Waals surface area contributed by atoms with Gasteiger partial charge in [0.2, 0.25) is 5.91 Å². The Kier molecular flexibility index (Phi) is 6.41. The fourth-order valence-electron chi connectivity index (χ4n) is 3.66. The summed E-state index contributed by atoms with van der Waals surface area (Å²) in [6.07, 6.45) is 0. The molecule has 0 fully saturated rings. The molecule has 0 bridgehead atoms. The van der Waals surface area contributed by atoms with Crippen LogP contribution in [-0.4, -0.2) is 38.1 Å². The predicted molar refractivity (Wildman–Crippen MR) is 118 cm³/mol. The second kappa shape index (κ2) is 8.68. The van der Waals surface area contributed by atoms with E-state index >= 15 is 4.39 Å². The number of carboxylic acids is 1. The number of hydrogen-bond acceptors (Lipinski definition) is 4. The standard InChI is InChI=1S/C23H20ClF3N2O5/c1-9(20(31)28-23(3,4)22(33)34)16-10(2)29(15-8-14(26)19(30)18(27)17(15)16)21(32)11-5-6-12(24)13(25)7-11/h5-9,30H,1-4H3,(H,28,31)(H,33,34). The van der Waals surface area contributed by atoms with Crippen LogP contribution in [0.1, 0.15) is 48.3 Å². The van der Waals surface area contributed by atoms with Gasteiger partial charge in [-0.15, -0.1) is 0 Å². The maximum absolute atomic E-state index is 15.1. The maximum atomic E-state index is 15.1. The third-order valence-corrected chi connectivity index (χ3v) is 5.88. The van der Waals surface area contributed by atoms with Crippen molar-refractivity contribution in [2.75, 3.05) is 0 Å². The van der Waals surface area contributed by atoms with Crippen molar-refractivity contribution in [3.8, 4) is 5.75 Å². The molecule has 0 aliphatic carbocycles. The van der Waals surface area contributed by atoms with Crippen molar-refractivity contribution >= 4 is 40.3 Å². The average Bonchev–Trinajstić information content (AvgIpc) is 3.04. The number of halogens is 4. The lowest BCUT2D eigenvalue weighted by molar-refractivity contribution is -0.146. The highest BCUT2D eigenvalue weighted by Gasteiger charge is 2.35. The lowest BCUT2D eigenvalue weighted by Crippen LogP contribution is -2.50. The minimum atomic E-state index is -1.67. The molecule has 0 aliphatic rings. The van der Waals surface area contributed by atoms with Crippen molar-refractivity contribution in [2.45, 2.75) is 39.2 Å². The van der Waals surface area contributed by atoms with E-state index in [9.17, 15) is 33.4 Å². The van der Waals surface area contributed by atoms with E-state index in [1.54, 1.807) is 0 Å². The normalized spacial score (nSPS) is 12.6. The van der Waals surface area contributed by atoms with Crippen LogP contribution in [0.4, 0.5) is 13.2 Å². The summed E-state index contributed by atoms with van der Waals surface area (Å²) in [5.41, 5.74) is -2.23. The highest BCUT2D eigenvalue weighted by atomic mass is 35.5. The fraction of sp³-hybridized carbons (Fsp3) is 0.261. The monoisotopic (exact) mass is 496 g/mol. The Balaban J connectivity index is 2.27. The van der Waals surface area contributed by atoms with Gasteiger partial charge in [0.05, 0.1) is 16.5 Å². The molecule has 3 aromatic rings. The third kappa shape index (κ3) is 4.09. The first kappa shape index (κ1) is 25.1. The van der Waals surface area contributed by atoms with Gasteiger partial charge in [-0.25, -0.2) is 18.0 Å². The number of nitrogens with one attached hydrogen (secondary N) is 1. The van der Waals surface area contributed by atoms with E-state index in [1.165, 1.54) is 33.8 Å². The van der Waals surface area contributed by atoms with Crippen LogP contribution in [0.3, 0.4) is 0 Å². The Hall–Kier alpha value is -3.53. The molecule has 1 amide bonds. The van der Waals surface area contributed by atoms with Gasteiger partial charge in [0.1, 0.15) is 11.4 Å². The number of carboxylic acid groups (broad SMARTS) is 1. The second-order valence-corrected chi connectivity index (χ2v) is 8.73. The number of phenolic OH excluding ortho intramolecular Hbond substituents is 1. The number of hydrogen-bond donors (Lipinski definition) is 3. The number of benzene rings is 2. The Morgan fingerprint density at radius 1 is 1.12 bits per heavy atom. The van der Waals surface area contributed by atoms with Crippen molar-refractivity contribution in [3.05, 3.63) is 63.6 Å². The van der Waals surface area contributed by atoms with Gasteiger partial charge in [0, 0.05) is 22.7 Å². The number of nitrogens with zero attached hydrogens (tertiary/aromatic N) is 1. The van der Waals surface area contributed by atoms with E-state index in [1.807, 2.05) is 0 Å². The number of phenols is 1. The van der Waals surface area contributed by atoms with E-state index in [2.05, 4.69) is 5.32 Å². The molecule has 0 saturated heterocycles. The van der Waals surface area contributed by atoms with Gasteiger partial charge in [-0.2, -0.15) is 0 Å². The van der Waals surface area contributed by atoms with Gasteiger partial charge in [-0.3, -0.25) is 14.2 Å². The molecule has 0 saturated carbocycles. The van der Waals surface area contributed by atoms with Crippen LogP contribution in [0.25, 0.3) is 10.9 Å². The van der Waals surface area contributed by atoms with Crippen molar-refractivity contribution in [3.63, 3.8) is 0 Å². The highest BCUT2D eigenvalue weighted by molar-refractivity contribution is 6.30. The zero-order valence-electron chi connectivity index (χ0n) is 18.5. The Morgan fingerprint density at radius 3 is 2.29 bits per heavy atom. The lowest BCUT2D eigenvalue weighted by Gasteiger charge is -2.23. The number of rotatable bonds is 5. The first-order valence-electron chi connectivity index (χ1n) is 9.96. The molecule has 1 heterocycles. The van der Waals surface area contributed by atoms with Gasteiger partial charge in [-0.1, -0.05) is 11.6 Å². The predicted octanol–water partition coefficient (Wildman–Crippen LogP) is 4.50. The van der Waals surface area contributed by atoms with E-state index in [0.29, 0.717) is 0 Å². The molecule has 3 N–H and O–H groups in total. The largest absolute Gasteiger partial charge is 0.503 e. The third-order valence-electron chi connectivity index (χ3n) is 5.57. The van der Waals surface area contributed by atoms with Gasteiger partial charge in [0.15, 0.2) is 17.4 Å². The zero-order chi connectivity index (χ0) is 25.7. The van der Waals surface area contributed by atoms with E-state index in [-0.39, 0.29) is 27.4 Å². The molecule has 1 aromatic heterocycles. The van der Waals surface area contributed by atoms with Crippen LogP contribution < -0.4 is 5.32 Å². The Morgan fingerprint density at radius 2 is 1.74 bits per heavy atom. The molecule has 7 nitrogen and oxygen atoms in total. The number of fused-ring (bicyclic) bond motifs is 1.